The molecule has 0 aliphatic carbocycles. The lowest BCUT2D eigenvalue weighted by Gasteiger charge is -2.37. The predicted molar refractivity (Wildman–Crippen MR) is 80.0 cm³/mol. The van der Waals surface area contributed by atoms with Crippen molar-refractivity contribution in [3.63, 3.8) is 0 Å². The second kappa shape index (κ2) is 6.75. The van der Waals surface area contributed by atoms with E-state index >= 15 is 0 Å². The third-order valence-electron chi connectivity index (χ3n) is 3.99. The standard InChI is InChI=1S/C16H24N2O2/c1-4-18-10-14(13-7-5-6-12(2)8-13)9-15(11-18)17-16(19)20-3/h5-8,14-15H,4,9-11H2,1-3H3,(H,17,19). The van der Waals surface area contributed by atoms with Gasteiger partial charge in [-0.1, -0.05) is 36.8 Å². The number of aryl methyl sites for hydroxylation is 1. The van der Waals surface area contributed by atoms with Crippen molar-refractivity contribution in [2.75, 3.05) is 26.7 Å². The molecule has 4 nitrogen and oxygen atoms in total. The fourth-order valence-corrected chi connectivity index (χ4v) is 2.94. The van der Waals surface area contributed by atoms with E-state index in [1.807, 2.05) is 0 Å². The molecule has 1 amide bonds. The molecule has 110 valence electrons. The Bertz CT molecular complexity index is 462. The molecule has 1 saturated heterocycles. The fourth-order valence-electron chi connectivity index (χ4n) is 2.94. The number of hydrogen-bond donors (Lipinski definition) is 1. The Labute approximate surface area is 121 Å². The van der Waals surface area contributed by atoms with Gasteiger partial charge in [0.25, 0.3) is 0 Å². The average molecular weight is 276 g/mol. The molecular weight excluding hydrogens is 252 g/mol. The van der Waals surface area contributed by atoms with Gasteiger partial charge in [0, 0.05) is 19.1 Å². The number of nitrogens with one attached hydrogen (secondary N) is 1. The molecule has 1 aromatic rings. The van der Waals surface area contributed by atoms with E-state index in [1.165, 1.54) is 18.2 Å². The summed E-state index contributed by atoms with van der Waals surface area (Å²) in [4.78, 5) is 13.8. The predicted octanol–water partition coefficient (Wildman–Crippen LogP) is 2.53. The zero-order valence-electron chi connectivity index (χ0n) is 12.6. The van der Waals surface area contributed by atoms with Crippen molar-refractivity contribution in [1.29, 1.82) is 0 Å². The normalized spacial score (nSPS) is 23.4. The Balaban J connectivity index is 2.10. The molecule has 1 heterocycles. The van der Waals surface area contributed by atoms with Gasteiger partial charge < -0.3 is 15.0 Å². The molecule has 2 atom stereocenters. The molecule has 0 aromatic heterocycles. The van der Waals surface area contributed by atoms with E-state index in [4.69, 9.17) is 4.74 Å². The van der Waals surface area contributed by atoms with Crippen LogP contribution in [0.15, 0.2) is 24.3 Å². The lowest BCUT2D eigenvalue weighted by Crippen LogP contribution is -2.50. The molecule has 0 radical (unpaired) electrons. The number of ether oxygens (including phenoxy) is 1. The molecule has 1 N–H and O–H groups in total. The van der Waals surface area contributed by atoms with Crippen molar-refractivity contribution in [2.24, 2.45) is 0 Å². The summed E-state index contributed by atoms with van der Waals surface area (Å²) in [5, 5.41) is 2.94. The van der Waals surface area contributed by atoms with Gasteiger partial charge in [-0.2, -0.15) is 0 Å². The van der Waals surface area contributed by atoms with Crippen LogP contribution in [0.25, 0.3) is 0 Å². The Morgan fingerprint density at radius 1 is 1.45 bits per heavy atom. The smallest absolute Gasteiger partial charge is 0.407 e. The number of piperidine rings is 1. The highest BCUT2D eigenvalue weighted by Crippen LogP contribution is 2.27. The maximum absolute atomic E-state index is 11.4. The maximum Gasteiger partial charge on any atom is 0.407 e. The van der Waals surface area contributed by atoms with Crippen LogP contribution in [-0.2, 0) is 4.74 Å². The molecular formula is C16H24N2O2. The zero-order chi connectivity index (χ0) is 14.5. The molecule has 0 bridgehead atoms. The zero-order valence-corrected chi connectivity index (χ0v) is 12.6. The summed E-state index contributed by atoms with van der Waals surface area (Å²) in [6, 6.07) is 8.82. The SMILES string of the molecule is CCN1CC(NC(=O)OC)CC(c2cccc(C)c2)C1. The molecule has 1 fully saturated rings. The van der Waals surface area contributed by atoms with Crippen molar-refractivity contribution in [3.05, 3.63) is 35.4 Å². The third kappa shape index (κ3) is 3.73. The molecule has 1 aliphatic rings. The third-order valence-corrected chi connectivity index (χ3v) is 3.99. The van der Waals surface area contributed by atoms with Crippen LogP contribution in [0.1, 0.15) is 30.4 Å². The van der Waals surface area contributed by atoms with E-state index in [0.29, 0.717) is 5.92 Å². The van der Waals surface area contributed by atoms with Crippen LogP contribution in [-0.4, -0.2) is 43.8 Å². The minimum atomic E-state index is -0.337. The number of carbonyl (C=O) groups is 1. The quantitative estimate of drug-likeness (QED) is 0.922. The topological polar surface area (TPSA) is 41.6 Å². The summed E-state index contributed by atoms with van der Waals surface area (Å²) in [5.74, 6) is 0.464. The van der Waals surface area contributed by atoms with Crippen molar-refractivity contribution in [2.45, 2.75) is 32.2 Å². The van der Waals surface area contributed by atoms with Gasteiger partial charge >= 0.3 is 6.09 Å². The summed E-state index contributed by atoms with van der Waals surface area (Å²) in [6.45, 7) is 7.23. The van der Waals surface area contributed by atoms with Gasteiger partial charge in [-0.25, -0.2) is 4.79 Å². The van der Waals surface area contributed by atoms with E-state index in [-0.39, 0.29) is 12.1 Å². The summed E-state index contributed by atoms with van der Waals surface area (Å²) >= 11 is 0. The first-order valence-corrected chi connectivity index (χ1v) is 7.25. The number of benzene rings is 1. The van der Waals surface area contributed by atoms with Crippen LogP contribution in [0, 0.1) is 6.92 Å². The summed E-state index contributed by atoms with van der Waals surface area (Å²) < 4.78 is 4.71. The summed E-state index contributed by atoms with van der Waals surface area (Å²) in [7, 11) is 1.41. The van der Waals surface area contributed by atoms with Gasteiger partial charge in [-0.3, -0.25) is 0 Å². The maximum atomic E-state index is 11.4. The molecule has 20 heavy (non-hydrogen) atoms. The van der Waals surface area contributed by atoms with Crippen LogP contribution in [0.3, 0.4) is 0 Å². The van der Waals surface area contributed by atoms with Crippen molar-refractivity contribution >= 4 is 6.09 Å². The molecule has 2 unspecified atom stereocenters. The number of rotatable bonds is 3. The van der Waals surface area contributed by atoms with Gasteiger partial charge in [0.15, 0.2) is 0 Å². The fraction of sp³-hybridized carbons (Fsp3) is 0.562. The Morgan fingerprint density at radius 3 is 2.90 bits per heavy atom. The van der Waals surface area contributed by atoms with E-state index < -0.39 is 0 Å². The number of nitrogens with zero attached hydrogens (tertiary/aromatic N) is 1. The monoisotopic (exact) mass is 276 g/mol. The highest BCUT2D eigenvalue weighted by atomic mass is 16.5. The number of likely N-dealkylation sites (tertiary alicyclic amines) is 1. The van der Waals surface area contributed by atoms with E-state index in [0.717, 1.165) is 26.1 Å². The first-order valence-electron chi connectivity index (χ1n) is 7.25. The summed E-state index contributed by atoms with van der Waals surface area (Å²) in [6.07, 6.45) is 0.630. The number of carbonyl (C=O) groups excluding carboxylic acids is 1. The van der Waals surface area contributed by atoms with Crippen LogP contribution in [0.4, 0.5) is 4.79 Å². The second-order valence-corrected chi connectivity index (χ2v) is 5.53. The number of likely N-dealkylation sites (N-methyl/N-ethyl adjacent to an activating group) is 1. The largest absolute Gasteiger partial charge is 0.453 e. The van der Waals surface area contributed by atoms with Crippen LogP contribution in [0.5, 0.6) is 0 Å². The number of amides is 1. The average Bonchev–Trinajstić information content (AvgIpc) is 2.46. The van der Waals surface area contributed by atoms with Crippen LogP contribution >= 0.6 is 0 Å². The van der Waals surface area contributed by atoms with Crippen molar-refractivity contribution in [3.8, 4) is 0 Å². The molecule has 4 heteroatoms. The molecule has 0 saturated carbocycles. The molecule has 0 spiro atoms. The Morgan fingerprint density at radius 2 is 2.25 bits per heavy atom. The minimum absolute atomic E-state index is 0.154. The Kier molecular flexibility index (Phi) is 5.01. The summed E-state index contributed by atoms with van der Waals surface area (Å²) in [5.41, 5.74) is 2.65. The number of hydrogen-bond acceptors (Lipinski definition) is 3. The highest BCUT2D eigenvalue weighted by Gasteiger charge is 2.28. The van der Waals surface area contributed by atoms with E-state index in [1.54, 1.807) is 0 Å². The highest BCUT2D eigenvalue weighted by molar-refractivity contribution is 5.67. The minimum Gasteiger partial charge on any atom is -0.453 e. The lowest BCUT2D eigenvalue weighted by atomic mass is 9.87. The first kappa shape index (κ1) is 14.9. The molecule has 1 aliphatic heterocycles. The van der Waals surface area contributed by atoms with Gasteiger partial charge in [0.1, 0.15) is 0 Å². The van der Waals surface area contributed by atoms with Crippen LogP contribution < -0.4 is 5.32 Å². The number of methoxy groups -OCH3 is 1. The van der Waals surface area contributed by atoms with E-state index in [2.05, 4.69) is 48.3 Å². The van der Waals surface area contributed by atoms with E-state index in [9.17, 15) is 4.79 Å². The van der Waals surface area contributed by atoms with Gasteiger partial charge in [-0.15, -0.1) is 0 Å². The van der Waals surface area contributed by atoms with Gasteiger partial charge in [-0.05, 0) is 31.4 Å². The van der Waals surface area contributed by atoms with Gasteiger partial charge in [0.05, 0.1) is 7.11 Å². The van der Waals surface area contributed by atoms with Crippen LogP contribution in [0.2, 0.25) is 0 Å². The number of alkyl carbamates (subject to hydrolysis) is 1. The van der Waals surface area contributed by atoms with Gasteiger partial charge in [0.2, 0.25) is 0 Å². The molecule has 2 rings (SSSR count). The molecule has 1 aromatic carbocycles. The van der Waals surface area contributed by atoms with Crippen molar-refractivity contribution < 1.29 is 9.53 Å². The Hall–Kier alpha value is -1.55. The second-order valence-electron chi connectivity index (χ2n) is 5.53. The lowest BCUT2D eigenvalue weighted by molar-refractivity contribution is 0.143. The first-order chi connectivity index (χ1) is 9.62. The van der Waals surface area contributed by atoms with Crippen molar-refractivity contribution in [1.82, 2.24) is 10.2 Å².